The lowest BCUT2D eigenvalue weighted by Crippen LogP contribution is -2.57. The standard InChI is InChI=1S/C19H31N3O4S/c1-5-6-10(2)21-17(25)15-19-8-7-12(27-19)13(16(24)20-4)14(19)18(26)22(15)11(3)9-23/h10-15,23H,5-9H2,1-4H3,(H,20,24)(H,21,25)/t10?,11-,12-,13+,14+,15?,19?/m1/s1. The van der Waals surface area contributed by atoms with Gasteiger partial charge in [0.1, 0.15) is 6.04 Å². The molecule has 3 fully saturated rings. The molecule has 3 aliphatic heterocycles. The third-order valence-electron chi connectivity index (χ3n) is 6.38. The Kier molecular flexibility index (Phi) is 5.77. The third-order valence-corrected chi connectivity index (χ3v) is 8.34. The van der Waals surface area contributed by atoms with Crippen LogP contribution in [0.3, 0.4) is 0 Å². The van der Waals surface area contributed by atoms with E-state index >= 15 is 0 Å². The molecule has 2 bridgehead atoms. The SMILES string of the molecule is CCCC(C)NC(=O)C1N([C@H](C)CO)C(=O)[C@@H]2[C@@H](C(=O)NC)[C@H]3CCC12S3. The molecule has 1 spiro atoms. The zero-order valence-corrected chi connectivity index (χ0v) is 17.3. The lowest BCUT2D eigenvalue weighted by atomic mass is 9.70. The maximum Gasteiger partial charge on any atom is 0.244 e. The molecule has 0 saturated carbocycles. The van der Waals surface area contributed by atoms with Gasteiger partial charge >= 0.3 is 0 Å². The first-order valence-electron chi connectivity index (χ1n) is 9.95. The molecule has 152 valence electrons. The van der Waals surface area contributed by atoms with Crippen LogP contribution in [0.2, 0.25) is 0 Å². The van der Waals surface area contributed by atoms with E-state index in [1.54, 1.807) is 30.6 Å². The van der Waals surface area contributed by atoms with Crippen molar-refractivity contribution in [2.75, 3.05) is 13.7 Å². The van der Waals surface area contributed by atoms with Crippen molar-refractivity contribution in [1.29, 1.82) is 0 Å². The molecule has 3 unspecified atom stereocenters. The minimum absolute atomic E-state index is 0.0256. The molecule has 0 aliphatic carbocycles. The predicted octanol–water partition coefficient (Wildman–Crippen LogP) is 0.509. The van der Waals surface area contributed by atoms with Gasteiger partial charge < -0.3 is 20.6 Å². The molecule has 27 heavy (non-hydrogen) atoms. The van der Waals surface area contributed by atoms with Gasteiger partial charge in [0.15, 0.2) is 0 Å². The maximum atomic E-state index is 13.4. The minimum Gasteiger partial charge on any atom is -0.394 e. The molecule has 0 aromatic rings. The molecule has 3 rings (SSSR count). The summed E-state index contributed by atoms with van der Waals surface area (Å²) in [5.41, 5.74) is 0. The first kappa shape index (κ1) is 20.5. The van der Waals surface area contributed by atoms with E-state index in [0.29, 0.717) is 0 Å². The summed E-state index contributed by atoms with van der Waals surface area (Å²) < 4.78 is -0.571. The number of rotatable bonds is 7. The van der Waals surface area contributed by atoms with Crippen molar-refractivity contribution in [1.82, 2.24) is 15.5 Å². The van der Waals surface area contributed by atoms with Crippen LogP contribution in [0.4, 0.5) is 0 Å². The molecule has 7 atom stereocenters. The summed E-state index contributed by atoms with van der Waals surface area (Å²) in [4.78, 5) is 40.7. The van der Waals surface area contributed by atoms with E-state index in [0.717, 1.165) is 25.7 Å². The molecule has 3 amide bonds. The van der Waals surface area contributed by atoms with Gasteiger partial charge in [-0.1, -0.05) is 13.3 Å². The van der Waals surface area contributed by atoms with E-state index in [9.17, 15) is 19.5 Å². The van der Waals surface area contributed by atoms with E-state index in [1.807, 2.05) is 6.92 Å². The number of nitrogens with one attached hydrogen (secondary N) is 2. The second kappa shape index (κ2) is 7.62. The number of thioether (sulfide) groups is 1. The molecule has 0 aromatic heterocycles. The third kappa shape index (κ3) is 3.05. The number of carbonyl (C=O) groups is 3. The summed E-state index contributed by atoms with van der Waals surface area (Å²) in [6, 6.07) is -1.07. The topological polar surface area (TPSA) is 98.7 Å². The first-order valence-corrected chi connectivity index (χ1v) is 10.8. The largest absolute Gasteiger partial charge is 0.394 e. The average molecular weight is 398 g/mol. The van der Waals surface area contributed by atoms with E-state index in [1.165, 1.54) is 0 Å². The van der Waals surface area contributed by atoms with Crippen LogP contribution in [-0.4, -0.2) is 69.5 Å². The molecular weight excluding hydrogens is 366 g/mol. The van der Waals surface area contributed by atoms with Crippen LogP contribution in [0, 0.1) is 11.8 Å². The van der Waals surface area contributed by atoms with Crippen molar-refractivity contribution in [3.8, 4) is 0 Å². The number of nitrogens with zero attached hydrogens (tertiary/aromatic N) is 1. The normalized spacial score (nSPS) is 36.5. The van der Waals surface area contributed by atoms with Crippen LogP contribution in [-0.2, 0) is 14.4 Å². The maximum absolute atomic E-state index is 13.4. The molecule has 3 N–H and O–H groups in total. The summed E-state index contributed by atoms with van der Waals surface area (Å²) >= 11 is 1.65. The number of aliphatic hydroxyl groups excluding tert-OH is 1. The van der Waals surface area contributed by atoms with E-state index < -0.39 is 28.7 Å². The zero-order chi connectivity index (χ0) is 19.9. The van der Waals surface area contributed by atoms with E-state index in [-0.39, 0.29) is 35.6 Å². The Balaban J connectivity index is 1.98. The van der Waals surface area contributed by atoms with Crippen LogP contribution >= 0.6 is 11.8 Å². The van der Waals surface area contributed by atoms with Gasteiger partial charge in [0.05, 0.1) is 29.2 Å². The zero-order valence-electron chi connectivity index (χ0n) is 16.5. The highest BCUT2D eigenvalue weighted by molar-refractivity contribution is 8.02. The molecule has 0 aromatic carbocycles. The van der Waals surface area contributed by atoms with Crippen molar-refractivity contribution in [2.45, 2.75) is 74.6 Å². The number of aliphatic hydroxyl groups is 1. The molecular formula is C19H31N3O4S. The number of carbonyl (C=O) groups excluding carboxylic acids is 3. The first-order chi connectivity index (χ1) is 12.8. The number of hydrogen-bond acceptors (Lipinski definition) is 5. The second-order valence-electron chi connectivity index (χ2n) is 8.15. The number of amides is 3. The van der Waals surface area contributed by atoms with Crippen molar-refractivity contribution in [3.05, 3.63) is 0 Å². The lowest BCUT2D eigenvalue weighted by Gasteiger charge is -2.36. The fourth-order valence-corrected chi connectivity index (χ4v) is 7.45. The van der Waals surface area contributed by atoms with Gasteiger partial charge in [-0.15, -0.1) is 11.8 Å². The van der Waals surface area contributed by atoms with Gasteiger partial charge in [-0.2, -0.15) is 0 Å². The molecule has 3 aliphatic rings. The van der Waals surface area contributed by atoms with Crippen molar-refractivity contribution in [3.63, 3.8) is 0 Å². The van der Waals surface area contributed by atoms with Gasteiger partial charge in [-0.25, -0.2) is 0 Å². The minimum atomic E-state index is -0.638. The van der Waals surface area contributed by atoms with Gasteiger partial charge in [-0.3, -0.25) is 14.4 Å². The summed E-state index contributed by atoms with van der Waals surface area (Å²) in [7, 11) is 1.59. The van der Waals surface area contributed by atoms with Gasteiger partial charge in [-0.05, 0) is 33.1 Å². The fourth-order valence-electron chi connectivity index (χ4n) is 5.25. The van der Waals surface area contributed by atoms with Crippen molar-refractivity contribution >= 4 is 29.5 Å². The molecule has 7 nitrogen and oxygen atoms in total. The van der Waals surface area contributed by atoms with Crippen molar-refractivity contribution < 1.29 is 19.5 Å². The Hall–Kier alpha value is -1.28. The summed E-state index contributed by atoms with van der Waals surface area (Å²) in [5.74, 6) is -1.33. The molecule has 0 radical (unpaired) electrons. The summed E-state index contributed by atoms with van der Waals surface area (Å²) in [5, 5.41) is 15.6. The van der Waals surface area contributed by atoms with Crippen LogP contribution < -0.4 is 10.6 Å². The van der Waals surface area contributed by atoms with Crippen LogP contribution in [0.15, 0.2) is 0 Å². The highest BCUT2D eigenvalue weighted by Crippen LogP contribution is 2.66. The van der Waals surface area contributed by atoms with Crippen LogP contribution in [0.25, 0.3) is 0 Å². The molecule has 3 heterocycles. The Morgan fingerprint density at radius 1 is 1.37 bits per heavy atom. The quantitative estimate of drug-likeness (QED) is 0.581. The Morgan fingerprint density at radius 3 is 2.67 bits per heavy atom. The Morgan fingerprint density at radius 2 is 2.07 bits per heavy atom. The highest BCUT2D eigenvalue weighted by Gasteiger charge is 2.73. The summed E-state index contributed by atoms with van der Waals surface area (Å²) in [6.07, 6.45) is 3.42. The lowest BCUT2D eigenvalue weighted by molar-refractivity contribution is -0.142. The smallest absolute Gasteiger partial charge is 0.244 e. The number of likely N-dealkylation sites (tertiary alicyclic amines) is 1. The van der Waals surface area contributed by atoms with Crippen molar-refractivity contribution in [2.24, 2.45) is 11.8 Å². The average Bonchev–Trinajstić information content (AvgIpc) is 3.27. The van der Waals surface area contributed by atoms with Crippen LogP contribution in [0.1, 0.15) is 46.5 Å². The number of hydrogen-bond donors (Lipinski definition) is 3. The van der Waals surface area contributed by atoms with E-state index in [4.69, 9.17) is 0 Å². The summed E-state index contributed by atoms with van der Waals surface area (Å²) in [6.45, 7) is 5.59. The predicted molar refractivity (Wildman–Crippen MR) is 104 cm³/mol. The highest BCUT2D eigenvalue weighted by atomic mass is 32.2. The fraction of sp³-hybridized carbons (Fsp3) is 0.842. The number of fused-ring (bicyclic) bond motifs is 1. The molecule has 3 saturated heterocycles. The van der Waals surface area contributed by atoms with Gasteiger partial charge in [0, 0.05) is 18.3 Å². The Bertz CT molecular complexity index is 630. The van der Waals surface area contributed by atoms with Gasteiger partial charge in [0.25, 0.3) is 0 Å². The molecule has 8 heteroatoms. The monoisotopic (exact) mass is 397 g/mol. The van der Waals surface area contributed by atoms with E-state index in [2.05, 4.69) is 17.6 Å². The van der Waals surface area contributed by atoms with Gasteiger partial charge in [0.2, 0.25) is 17.7 Å². The van der Waals surface area contributed by atoms with Crippen LogP contribution in [0.5, 0.6) is 0 Å². The Labute approximate surface area is 165 Å². The second-order valence-corrected chi connectivity index (χ2v) is 9.75.